The minimum absolute atomic E-state index is 0.143. The Morgan fingerprint density at radius 3 is 2.44 bits per heavy atom. The molecule has 0 unspecified atom stereocenters. The molecule has 0 amide bonds. The smallest absolute Gasteiger partial charge is 0.0963 e. The van der Waals surface area contributed by atoms with E-state index in [4.69, 9.17) is 11.1 Å². The van der Waals surface area contributed by atoms with Gasteiger partial charge in [0.25, 0.3) is 0 Å². The van der Waals surface area contributed by atoms with Crippen molar-refractivity contribution in [1.29, 1.82) is 5.41 Å². The van der Waals surface area contributed by atoms with E-state index in [9.17, 15) is 0 Å². The lowest BCUT2D eigenvalue weighted by Crippen LogP contribution is -2.34. The monoisotopic (exact) mass is 254 g/mol. The molecule has 0 atom stereocenters. The van der Waals surface area contributed by atoms with Crippen LogP contribution in [-0.4, -0.2) is 55.4 Å². The third-order valence-corrected chi connectivity index (χ3v) is 4.07. The van der Waals surface area contributed by atoms with E-state index in [1.54, 1.807) is 0 Å². The highest BCUT2D eigenvalue weighted by molar-refractivity contribution is 5.82. The van der Waals surface area contributed by atoms with Crippen LogP contribution in [0.3, 0.4) is 0 Å². The van der Waals surface area contributed by atoms with Crippen molar-refractivity contribution in [3.8, 4) is 0 Å². The first kappa shape index (κ1) is 15.4. The third-order valence-electron chi connectivity index (χ3n) is 4.07. The molecular weight excluding hydrogens is 224 g/mol. The molecule has 1 aliphatic heterocycles. The first-order valence-corrected chi connectivity index (χ1v) is 7.17. The minimum Gasteiger partial charge on any atom is -0.387 e. The van der Waals surface area contributed by atoms with Crippen molar-refractivity contribution in [2.45, 2.75) is 39.5 Å². The summed E-state index contributed by atoms with van der Waals surface area (Å²) in [7, 11) is 2.19. The van der Waals surface area contributed by atoms with Gasteiger partial charge in [0.2, 0.25) is 0 Å². The summed E-state index contributed by atoms with van der Waals surface area (Å²) in [6, 6.07) is 0. The largest absolute Gasteiger partial charge is 0.387 e. The van der Waals surface area contributed by atoms with Gasteiger partial charge in [-0.2, -0.15) is 0 Å². The number of amidine groups is 1. The van der Waals surface area contributed by atoms with E-state index in [1.807, 2.05) is 0 Å². The van der Waals surface area contributed by atoms with Gasteiger partial charge in [0.1, 0.15) is 0 Å². The quantitative estimate of drug-likeness (QED) is 0.512. The lowest BCUT2D eigenvalue weighted by molar-refractivity contribution is 0.248. The maximum atomic E-state index is 7.53. The Labute approximate surface area is 112 Å². The van der Waals surface area contributed by atoms with E-state index in [1.165, 1.54) is 32.5 Å². The molecule has 4 heteroatoms. The van der Waals surface area contributed by atoms with Crippen LogP contribution in [-0.2, 0) is 0 Å². The Morgan fingerprint density at radius 1 is 1.28 bits per heavy atom. The second-order valence-electron chi connectivity index (χ2n) is 6.25. The van der Waals surface area contributed by atoms with Gasteiger partial charge in [0.15, 0.2) is 0 Å². The van der Waals surface area contributed by atoms with Gasteiger partial charge in [0, 0.05) is 18.5 Å². The van der Waals surface area contributed by atoms with Crippen LogP contribution in [0.5, 0.6) is 0 Å². The number of rotatable bonds is 8. The Kier molecular flexibility index (Phi) is 6.09. The van der Waals surface area contributed by atoms with E-state index >= 15 is 0 Å². The predicted molar refractivity (Wildman–Crippen MR) is 78.1 cm³/mol. The number of likely N-dealkylation sites (tertiary alicyclic amines) is 1. The SMILES string of the molecule is CN(CCCC(C)(C)C(=N)N)CCN1CCCC1. The van der Waals surface area contributed by atoms with Crippen LogP contribution in [0.25, 0.3) is 0 Å². The zero-order chi connectivity index (χ0) is 13.6. The van der Waals surface area contributed by atoms with Gasteiger partial charge in [-0.15, -0.1) is 0 Å². The third kappa shape index (κ3) is 5.36. The Bertz CT molecular complexity index is 257. The molecule has 0 spiro atoms. The summed E-state index contributed by atoms with van der Waals surface area (Å²) < 4.78 is 0. The van der Waals surface area contributed by atoms with Gasteiger partial charge in [-0.25, -0.2) is 0 Å². The van der Waals surface area contributed by atoms with Crippen molar-refractivity contribution < 1.29 is 0 Å². The number of nitrogens with one attached hydrogen (secondary N) is 1. The number of hydrogen-bond donors (Lipinski definition) is 2. The summed E-state index contributed by atoms with van der Waals surface area (Å²) in [5.41, 5.74) is 5.45. The second kappa shape index (κ2) is 7.10. The Morgan fingerprint density at radius 2 is 1.89 bits per heavy atom. The van der Waals surface area contributed by atoms with Gasteiger partial charge in [-0.1, -0.05) is 13.8 Å². The molecule has 1 rings (SSSR count). The van der Waals surface area contributed by atoms with Crippen molar-refractivity contribution in [2.24, 2.45) is 11.1 Å². The van der Waals surface area contributed by atoms with Crippen LogP contribution in [0, 0.1) is 10.8 Å². The van der Waals surface area contributed by atoms with E-state index in [0.717, 1.165) is 25.9 Å². The van der Waals surface area contributed by atoms with E-state index in [-0.39, 0.29) is 5.41 Å². The molecule has 0 bridgehead atoms. The van der Waals surface area contributed by atoms with Gasteiger partial charge < -0.3 is 15.5 Å². The molecule has 0 aliphatic carbocycles. The lowest BCUT2D eigenvalue weighted by Gasteiger charge is -2.25. The van der Waals surface area contributed by atoms with Crippen LogP contribution in [0.2, 0.25) is 0 Å². The van der Waals surface area contributed by atoms with Crippen molar-refractivity contribution >= 4 is 5.84 Å². The minimum atomic E-state index is -0.143. The number of hydrogen-bond acceptors (Lipinski definition) is 3. The van der Waals surface area contributed by atoms with Crippen molar-refractivity contribution in [2.75, 3.05) is 39.8 Å². The average Bonchev–Trinajstić information content (AvgIpc) is 2.78. The fourth-order valence-electron chi connectivity index (χ4n) is 2.36. The van der Waals surface area contributed by atoms with E-state index in [2.05, 4.69) is 30.7 Å². The maximum Gasteiger partial charge on any atom is 0.0963 e. The molecule has 0 aromatic carbocycles. The topological polar surface area (TPSA) is 56.4 Å². The molecule has 0 aromatic heterocycles. The molecule has 1 fully saturated rings. The van der Waals surface area contributed by atoms with E-state index < -0.39 is 0 Å². The van der Waals surface area contributed by atoms with Crippen LogP contribution in [0.4, 0.5) is 0 Å². The second-order valence-corrected chi connectivity index (χ2v) is 6.25. The van der Waals surface area contributed by atoms with Crippen LogP contribution in [0.1, 0.15) is 39.5 Å². The molecule has 106 valence electrons. The zero-order valence-corrected chi connectivity index (χ0v) is 12.3. The highest BCUT2D eigenvalue weighted by Gasteiger charge is 2.21. The van der Waals surface area contributed by atoms with Gasteiger partial charge in [-0.05, 0) is 52.4 Å². The summed E-state index contributed by atoms with van der Waals surface area (Å²) in [4.78, 5) is 4.95. The van der Waals surface area contributed by atoms with Gasteiger partial charge in [0.05, 0.1) is 5.84 Å². The molecule has 1 saturated heterocycles. The van der Waals surface area contributed by atoms with Crippen LogP contribution in [0.15, 0.2) is 0 Å². The Hall–Kier alpha value is -0.610. The molecule has 1 aliphatic rings. The fourth-order valence-corrected chi connectivity index (χ4v) is 2.36. The molecule has 3 N–H and O–H groups in total. The number of likely N-dealkylation sites (N-methyl/N-ethyl adjacent to an activating group) is 1. The zero-order valence-electron chi connectivity index (χ0n) is 12.3. The van der Waals surface area contributed by atoms with Gasteiger partial charge in [-0.3, -0.25) is 5.41 Å². The molecule has 0 aromatic rings. The van der Waals surface area contributed by atoms with Gasteiger partial charge >= 0.3 is 0 Å². The predicted octanol–water partition coefficient (Wildman–Crippen LogP) is 1.76. The molecule has 0 radical (unpaired) electrons. The Balaban J connectivity index is 2.09. The fraction of sp³-hybridized carbons (Fsp3) is 0.929. The maximum absolute atomic E-state index is 7.53. The van der Waals surface area contributed by atoms with Crippen molar-refractivity contribution in [3.05, 3.63) is 0 Å². The van der Waals surface area contributed by atoms with Crippen LogP contribution < -0.4 is 5.73 Å². The molecular formula is C14H30N4. The summed E-state index contributed by atoms with van der Waals surface area (Å²) in [6.45, 7) is 10.1. The van der Waals surface area contributed by atoms with Crippen molar-refractivity contribution in [3.63, 3.8) is 0 Å². The average molecular weight is 254 g/mol. The first-order valence-electron chi connectivity index (χ1n) is 7.17. The molecule has 18 heavy (non-hydrogen) atoms. The van der Waals surface area contributed by atoms with Crippen LogP contribution >= 0.6 is 0 Å². The van der Waals surface area contributed by atoms with Crippen molar-refractivity contribution in [1.82, 2.24) is 9.80 Å². The number of nitrogens with zero attached hydrogens (tertiary/aromatic N) is 2. The first-order chi connectivity index (χ1) is 8.42. The summed E-state index contributed by atoms with van der Waals surface area (Å²) >= 11 is 0. The highest BCUT2D eigenvalue weighted by atomic mass is 15.2. The summed E-state index contributed by atoms with van der Waals surface area (Å²) in [5.74, 6) is 0.308. The summed E-state index contributed by atoms with van der Waals surface area (Å²) in [5, 5.41) is 7.53. The standard InChI is InChI=1S/C14H30N4/c1-14(2,13(15)16)7-6-8-17(3)11-12-18-9-4-5-10-18/h4-12H2,1-3H3,(H3,15,16). The normalized spacial score (nSPS) is 17.6. The molecule has 4 nitrogen and oxygen atoms in total. The molecule has 0 saturated carbocycles. The highest BCUT2D eigenvalue weighted by Crippen LogP contribution is 2.21. The lowest BCUT2D eigenvalue weighted by atomic mass is 9.86. The van der Waals surface area contributed by atoms with E-state index in [0.29, 0.717) is 5.84 Å². The summed E-state index contributed by atoms with van der Waals surface area (Å²) in [6.07, 6.45) is 4.85. The number of nitrogens with two attached hydrogens (primary N) is 1. The molecule has 1 heterocycles.